The zero-order valence-electron chi connectivity index (χ0n) is 12.8. The van der Waals surface area contributed by atoms with Crippen LogP contribution in [0.3, 0.4) is 0 Å². The van der Waals surface area contributed by atoms with Crippen LogP contribution < -0.4 is 0 Å². The van der Waals surface area contributed by atoms with E-state index in [-0.39, 0.29) is 6.10 Å². The smallest absolute Gasteiger partial charge is 0.0761 e. The van der Waals surface area contributed by atoms with Gasteiger partial charge in [0.2, 0.25) is 0 Å². The van der Waals surface area contributed by atoms with E-state index in [0.717, 1.165) is 17.4 Å². The van der Waals surface area contributed by atoms with Gasteiger partial charge in [-0.1, -0.05) is 45.0 Å². The van der Waals surface area contributed by atoms with Crippen LogP contribution in [0.25, 0.3) is 0 Å². The van der Waals surface area contributed by atoms with Crippen LogP contribution in [0.15, 0.2) is 24.3 Å². The molecule has 1 aromatic carbocycles. The lowest BCUT2D eigenvalue weighted by Gasteiger charge is -2.37. The summed E-state index contributed by atoms with van der Waals surface area (Å²) in [6.45, 7) is 8.93. The van der Waals surface area contributed by atoms with Crippen molar-refractivity contribution in [1.29, 1.82) is 0 Å². The van der Waals surface area contributed by atoms with Gasteiger partial charge in [0, 0.05) is 0 Å². The van der Waals surface area contributed by atoms with Gasteiger partial charge in [0.25, 0.3) is 0 Å². The molecule has 0 bridgehead atoms. The number of hydrogen-bond acceptors (Lipinski definition) is 1. The van der Waals surface area contributed by atoms with Crippen molar-refractivity contribution >= 4 is 0 Å². The first-order chi connectivity index (χ1) is 8.88. The Morgan fingerprint density at radius 1 is 1.00 bits per heavy atom. The predicted octanol–water partition coefficient (Wildman–Crippen LogP) is 5.06. The molecule has 0 radical (unpaired) electrons. The van der Waals surface area contributed by atoms with Crippen molar-refractivity contribution in [3.63, 3.8) is 0 Å². The minimum Gasteiger partial charge on any atom is -0.389 e. The fraction of sp³-hybridized carbons (Fsp3) is 0.667. The molecule has 0 heterocycles. The lowest BCUT2D eigenvalue weighted by molar-refractivity contribution is 0.169. The number of benzene rings is 1. The topological polar surface area (TPSA) is 20.2 Å². The highest BCUT2D eigenvalue weighted by Crippen LogP contribution is 2.43. The van der Waals surface area contributed by atoms with Crippen LogP contribution >= 0.6 is 0 Å². The molecule has 1 aromatic rings. The molecule has 1 N–H and O–H groups in total. The first kappa shape index (κ1) is 14.6. The Kier molecular flexibility index (Phi) is 4.35. The Hall–Kier alpha value is -0.820. The van der Waals surface area contributed by atoms with Crippen molar-refractivity contribution in [2.75, 3.05) is 0 Å². The van der Waals surface area contributed by atoms with Crippen LogP contribution in [0.5, 0.6) is 0 Å². The van der Waals surface area contributed by atoms with E-state index in [9.17, 15) is 5.11 Å². The van der Waals surface area contributed by atoms with Crippen molar-refractivity contribution in [2.45, 2.75) is 65.4 Å². The van der Waals surface area contributed by atoms with Crippen molar-refractivity contribution in [2.24, 2.45) is 11.3 Å². The zero-order chi connectivity index (χ0) is 14.0. The minimum atomic E-state index is -0.356. The van der Waals surface area contributed by atoms with Crippen LogP contribution in [0.2, 0.25) is 0 Å². The summed E-state index contributed by atoms with van der Waals surface area (Å²) >= 11 is 0. The first-order valence-electron chi connectivity index (χ1n) is 7.66. The standard InChI is InChI=1S/C18H28O/c1-13(19)14-5-7-15(8-6-14)16-9-11-17(12-10-16)18(2,3)4/h5-8,13,16-17,19H,9-12H2,1-4H3. The van der Waals surface area contributed by atoms with Gasteiger partial charge < -0.3 is 5.11 Å². The third-order valence-electron chi connectivity index (χ3n) is 4.84. The zero-order valence-corrected chi connectivity index (χ0v) is 12.8. The van der Waals surface area contributed by atoms with E-state index in [1.54, 1.807) is 0 Å². The molecular formula is C18H28O. The Bertz CT molecular complexity index is 389. The van der Waals surface area contributed by atoms with E-state index in [2.05, 4.69) is 45.0 Å². The summed E-state index contributed by atoms with van der Waals surface area (Å²) in [4.78, 5) is 0. The van der Waals surface area contributed by atoms with Gasteiger partial charge in [0.1, 0.15) is 0 Å². The molecule has 1 saturated carbocycles. The normalized spacial score (nSPS) is 26.2. The van der Waals surface area contributed by atoms with Crippen molar-refractivity contribution in [3.05, 3.63) is 35.4 Å². The van der Waals surface area contributed by atoms with Crippen LogP contribution in [0.1, 0.15) is 76.5 Å². The monoisotopic (exact) mass is 260 g/mol. The molecule has 106 valence electrons. The van der Waals surface area contributed by atoms with Gasteiger partial charge in [0.05, 0.1) is 6.10 Å². The van der Waals surface area contributed by atoms with Gasteiger partial charge in [-0.15, -0.1) is 0 Å². The van der Waals surface area contributed by atoms with Crippen molar-refractivity contribution < 1.29 is 5.11 Å². The van der Waals surface area contributed by atoms with E-state index >= 15 is 0 Å². The second-order valence-corrected chi connectivity index (χ2v) is 7.26. The quantitative estimate of drug-likeness (QED) is 0.788. The summed E-state index contributed by atoms with van der Waals surface area (Å²) in [7, 11) is 0. The lowest BCUT2D eigenvalue weighted by atomic mass is 9.68. The van der Waals surface area contributed by atoms with Gasteiger partial charge in [-0.2, -0.15) is 0 Å². The molecule has 0 spiro atoms. The molecule has 0 aliphatic heterocycles. The van der Waals surface area contributed by atoms with Gasteiger partial charge in [0.15, 0.2) is 0 Å². The maximum absolute atomic E-state index is 9.55. The maximum Gasteiger partial charge on any atom is 0.0761 e. The Labute approximate surface area is 118 Å². The van der Waals surface area contributed by atoms with Gasteiger partial charge >= 0.3 is 0 Å². The SMILES string of the molecule is CC(O)c1ccc(C2CCC(C(C)(C)C)CC2)cc1. The molecule has 1 nitrogen and oxygen atoms in total. The highest BCUT2D eigenvalue weighted by molar-refractivity contribution is 5.26. The second-order valence-electron chi connectivity index (χ2n) is 7.26. The van der Waals surface area contributed by atoms with E-state index in [0.29, 0.717) is 5.41 Å². The highest BCUT2D eigenvalue weighted by atomic mass is 16.3. The molecule has 2 rings (SSSR count). The molecule has 0 amide bonds. The largest absolute Gasteiger partial charge is 0.389 e. The van der Waals surface area contributed by atoms with E-state index in [4.69, 9.17) is 0 Å². The molecule has 0 saturated heterocycles. The molecule has 1 aliphatic carbocycles. The number of aliphatic hydroxyl groups is 1. The molecule has 1 heteroatoms. The first-order valence-corrected chi connectivity index (χ1v) is 7.66. The molecular weight excluding hydrogens is 232 g/mol. The number of aliphatic hydroxyl groups excluding tert-OH is 1. The van der Waals surface area contributed by atoms with E-state index in [1.807, 2.05) is 6.92 Å². The third kappa shape index (κ3) is 3.60. The summed E-state index contributed by atoms with van der Waals surface area (Å²) in [6, 6.07) is 8.58. The van der Waals surface area contributed by atoms with E-state index < -0.39 is 0 Å². The van der Waals surface area contributed by atoms with Gasteiger partial charge in [-0.3, -0.25) is 0 Å². The molecule has 1 fully saturated rings. The molecule has 0 aromatic heterocycles. The second kappa shape index (κ2) is 5.66. The Morgan fingerprint density at radius 2 is 1.53 bits per heavy atom. The predicted molar refractivity (Wildman–Crippen MR) is 81.2 cm³/mol. The maximum atomic E-state index is 9.55. The number of rotatable bonds is 2. The molecule has 1 aliphatic rings. The molecule has 1 unspecified atom stereocenters. The van der Waals surface area contributed by atoms with Gasteiger partial charge in [-0.25, -0.2) is 0 Å². The van der Waals surface area contributed by atoms with Crippen LogP contribution in [-0.4, -0.2) is 5.11 Å². The van der Waals surface area contributed by atoms with Gasteiger partial charge in [-0.05, 0) is 61.0 Å². The fourth-order valence-electron chi connectivity index (χ4n) is 3.34. The highest BCUT2D eigenvalue weighted by Gasteiger charge is 2.30. The summed E-state index contributed by atoms with van der Waals surface area (Å²) in [6.07, 6.45) is 4.98. The third-order valence-corrected chi connectivity index (χ3v) is 4.84. The van der Waals surface area contributed by atoms with E-state index in [1.165, 1.54) is 31.2 Å². The summed E-state index contributed by atoms with van der Waals surface area (Å²) in [5.74, 6) is 1.60. The van der Waals surface area contributed by atoms with Crippen LogP contribution in [-0.2, 0) is 0 Å². The van der Waals surface area contributed by atoms with Crippen LogP contribution in [0.4, 0.5) is 0 Å². The summed E-state index contributed by atoms with van der Waals surface area (Å²) in [5, 5.41) is 9.55. The average molecular weight is 260 g/mol. The molecule has 19 heavy (non-hydrogen) atoms. The van der Waals surface area contributed by atoms with Crippen LogP contribution in [0, 0.1) is 11.3 Å². The Morgan fingerprint density at radius 3 is 1.95 bits per heavy atom. The minimum absolute atomic E-state index is 0.356. The van der Waals surface area contributed by atoms with Crippen molar-refractivity contribution in [3.8, 4) is 0 Å². The fourth-order valence-corrected chi connectivity index (χ4v) is 3.34. The lowest BCUT2D eigenvalue weighted by Crippen LogP contribution is -2.25. The summed E-state index contributed by atoms with van der Waals surface area (Å²) < 4.78 is 0. The molecule has 1 atom stereocenters. The summed E-state index contributed by atoms with van der Waals surface area (Å²) in [5.41, 5.74) is 2.94. The average Bonchev–Trinajstić information content (AvgIpc) is 2.38. The Balaban J connectivity index is 1.98. The number of hydrogen-bond donors (Lipinski definition) is 1. The van der Waals surface area contributed by atoms with Crippen molar-refractivity contribution in [1.82, 2.24) is 0 Å².